The summed E-state index contributed by atoms with van der Waals surface area (Å²) in [6.07, 6.45) is 2.83. The largest absolute Gasteiger partial charge is 0.341 e. The van der Waals surface area contributed by atoms with E-state index in [-0.39, 0.29) is 23.1 Å². The van der Waals surface area contributed by atoms with Crippen LogP contribution in [0.15, 0.2) is 65.8 Å². The number of halogens is 1. The van der Waals surface area contributed by atoms with Crippen LogP contribution in [0.3, 0.4) is 0 Å². The molecule has 0 atom stereocenters. The molecule has 0 aliphatic carbocycles. The number of imidazole rings is 1. The molecule has 31 heavy (non-hydrogen) atoms. The van der Waals surface area contributed by atoms with E-state index >= 15 is 0 Å². The van der Waals surface area contributed by atoms with Crippen LogP contribution in [0.4, 0.5) is 17.3 Å². The molecule has 0 radical (unpaired) electrons. The van der Waals surface area contributed by atoms with Crippen LogP contribution in [-0.2, 0) is 0 Å². The van der Waals surface area contributed by atoms with E-state index in [9.17, 15) is 14.9 Å². The minimum atomic E-state index is -0.569. The molecule has 2 heterocycles. The lowest BCUT2D eigenvalue weighted by molar-refractivity contribution is 0.102. The summed E-state index contributed by atoms with van der Waals surface area (Å²) in [5.41, 5.74) is 1.60. The number of amides is 1. The number of carbonyl (C=O) groups is 1. The fraction of sp³-hybridized carbons (Fsp3) is 0. The molecule has 0 unspecified atom stereocenters. The van der Waals surface area contributed by atoms with Crippen LogP contribution in [0.1, 0.15) is 16.1 Å². The smallest absolute Gasteiger partial charge is 0.273 e. The molecular weight excluding hydrogens is 418 g/mol. The van der Waals surface area contributed by atoms with E-state index in [2.05, 4.69) is 30.6 Å². The standard InChI is InChI=1S/C21H14ClN7O2/c22-13-3-7-15(8-4-13)27-21-28-18(16(9-23)19(30)29-21)12-1-5-14(6-2-12)26-20(31)17-10-24-11-25-17/h1-8,10-11H,(H,24,25)(H,26,31)(H2,27,28,29,30). The van der Waals surface area contributed by atoms with Gasteiger partial charge < -0.3 is 15.6 Å². The zero-order chi connectivity index (χ0) is 21.8. The zero-order valence-electron chi connectivity index (χ0n) is 15.8. The molecular formula is C21H14ClN7O2. The van der Waals surface area contributed by atoms with Gasteiger partial charge in [0.05, 0.1) is 18.2 Å². The third-order valence-electron chi connectivity index (χ3n) is 4.30. The summed E-state index contributed by atoms with van der Waals surface area (Å²) in [4.78, 5) is 38.0. The van der Waals surface area contributed by atoms with Gasteiger partial charge in [0.15, 0.2) is 0 Å². The van der Waals surface area contributed by atoms with E-state index in [1.165, 1.54) is 12.5 Å². The number of nitrogens with one attached hydrogen (secondary N) is 4. The highest BCUT2D eigenvalue weighted by atomic mass is 35.5. The molecule has 0 saturated heterocycles. The molecule has 4 rings (SSSR count). The number of nitrogens with zero attached hydrogens (tertiary/aromatic N) is 3. The second kappa shape index (κ2) is 8.52. The minimum Gasteiger partial charge on any atom is -0.341 e. The van der Waals surface area contributed by atoms with Crippen molar-refractivity contribution in [3.8, 4) is 17.3 Å². The van der Waals surface area contributed by atoms with Crippen LogP contribution in [0.25, 0.3) is 11.3 Å². The summed E-state index contributed by atoms with van der Waals surface area (Å²) in [6.45, 7) is 0. The van der Waals surface area contributed by atoms with Crippen molar-refractivity contribution in [2.75, 3.05) is 10.6 Å². The second-order valence-electron chi connectivity index (χ2n) is 6.38. The summed E-state index contributed by atoms with van der Waals surface area (Å²) >= 11 is 5.89. The van der Waals surface area contributed by atoms with Crippen LogP contribution in [0.5, 0.6) is 0 Å². The number of hydrogen-bond acceptors (Lipinski definition) is 6. The van der Waals surface area contributed by atoms with E-state index in [1.54, 1.807) is 48.5 Å². The lowest BCUT2D eigenvalue weighted by Crippen LogP contribution is -2.16. The number of hydrogen-bond donors (Lipinski definition) is 4. The first-order valence-corrected chi connectivity index (χ1v) is 9.38. The molecule has 1 amide bonds. The molecule has 0 spiro atoms. The number of benzene rings is 2. The normalized spacial score (nSPS) is 10.3. The van der Waals surface area contributed by atoms with Crippen molar-refractivity contribution < 1.29 is 4.79 Å². The van der Waals surface area contributed by atoms with Crippen molar-refractivity contribution in [1.82, 2.24) is 19.9 Å². The van der Waals surface area contributed by atoms with Crippen LogP contribution < -0.4 is 16.2 Å². The average Bonchev–Trinajstić information content (AvgIpc) is 3.31. The van der Waals surface area contributed by atoms with Gasteiger partial charge in [-0.2, -0.15) is 5.26 Å². The Bertz CT molecular complexity index is 1320. The van der Waals surface area contributed by atoms with Crippen LogP contribution in [0, 0.1) is 11.3 Å². The molecule has 0 fully saturated rings. The Morgan fingerprint density at radius 3 is 2.42 bits per heavy atom. The van der Waals surface area contributed by atoms with Gasteiger partial charge >= 0.3 is 0 Å². The Labute approximate surface area is 180 Å². The summed E-state index contributed by atoms with van der Waals surface area (Å²) < 4.78 is 0. The van der Waals surface area contributed by atoms with E-state index in [1.807, 2.05) is 6.07 Å². The number of aromatic nitrogens is 4. The van der Waals surface area contributed by atoms with Crippen molar-refractivity contribution in [3.05, 3.63) is 87.7 Å². The molecule has 2 aromatic heterocycles. The zero-order valence-corrected chi connectivity index (χ0v) is 16.6. The topological polar surface area (TPSA) is 139 Å². The fourth-order valence-corrected chi connectivity index (χ4v) is 2.93. The van der Waals surface area contributed by atoms with Gasteiger partial charge in [-0.1, -0.05) is 23.7 Å². The van der Waals surface area contributed by atoms with Crippen molar-refractivity contribution in [3.63, 3.8) is 0 Å². The van der Waals surface area contributed by atoms with Crippen molar-refractivity contribution in [1.29, 1.82) is 5.26 Å². The maximum atomic E-state index is 12.4. The predicted molar refractivity (Wildman–Crippen MR) is 116 cm³/mol. The van der Waals surface area contributed by atoms with Crippen LogP contribution >= 0.6 is 11.6 Å². The molecule has 4 N–H and O–H groups in total. The van der Waals surface area contributed by atoms with Crippen molar-refractivity contribution in [2.45, 2.75) is 0 Å². The highest BCUT2D eigenvalue weighted by Crippen LogP contribution is 2.24. The summed E-state index contributed by atoms with van der Waals surface area (Å²) in [7, 11) is 0. The molecule has 4 aromatic rings. The molecule has 152 valence electrons. The van der Waals surface area contributed by atoms with Gasteiger partial charge in [0.2, 0.25) is 5.95 Å². The third-order valence-corrected chi connectivity index (χ3v) is 4.55. The number of rotatable bonds is 5. The van der Waals surface area contributed by atoms with Gasteiger partial charge in [0, 0.05) is 22.0 Å². The highest BCUT2D eigenvalue weighted by Gasteiger charge is 2.14. The lowest BCUT2D eigenvalue weighted by Gasteiger charge is -2.10. The van der Waals surface area contributed by atoms with Gasteiger partial charge in [-0.3, -0.25) is 14.6 Å². The fourth-order valence-electron chi connectivity index (χ4n) is 2.80. The number of H-pyrrole nitrogens is 2. The summed E-state index contributed by atoms with van der Waals surface area (Å²) in [6, 6.07) is 15.4. The minimum absolute atomic E-state index is 0.115. The number of carbonyl (C=O) groups excluding carboxylic acids is 1. The Morgan fingerprint density at radius 1 is 1.06 bits per heavy atom. The van der Waals surface area contributed by atoms with Gasteiger partial charge in [0.25, 0.3) is 11.5 Å². The molecule has 2 aromatic carbocycles. The van der Waals surface area contributed by atoms with E-state index in [0.717, 1.165) is 0 Å². The van der Waals surface area contributed by atoms with Gasteiger partial charge in [0.1, 0.15) is 17.3 Å². The van der Waals surface area contributed by atoms with Gasteiger partial charge in [-0.05, 0) is 36.4 Å². The van der Waals surface area contributed by atoms with E-state index in [0.29, 0.717) is 27.7 Å². The second-order valence-corrected chi connectivity index (χ2v) is 6.82. The van der Waals surface area contributed by atoms with Gasteiger partial charge in [-0.15, -0.1) is 0 Å². The Balaban J connectivity index is 1.62. The Kier molecular flexibility index (Phi) is 5.47. The van der Waals surface area contributed by atoms with Crippen molar-refractivity contribution >= 4 is 34.8 Å². The first-order valence-electron chi connectivity index (χ1n) is 9.00. The molecule has 10 heteroatoms. The molecule has 0 bridgehead atoms. The first kappa shape index (κ1) is 19.9. The first-order chi connectivity index (χ1) is 15.0. The Morgan fingerprint density at radius 2 is 1.77 bits per heavy atom. The summed E-state index contributed by atoms with van der Waals surface area (Å²) in [5, 5.41) is 15.7. The highest BCUT2D eigenvalue weighted by molar-refractivity contribution is 6.30. The number of aromatic amines is 2. The van der Waals surface area contributed by atoms with E-state index < -0.39 is 5.56 Å². The summed E-state index contributed by atoms with van der Waals surface area (Å²) in [5.74, 6) is -0.162. The predicted octanol–water partition coefficient (Wildman–Crippen LogP) is 3.68. The third kappa shape index (κ3) is 4.44. The van der Waals surface area contributed by atoms with Crippen LogP contribution in [0.2, 0.25) is 5.02 Å². The Hall–Kier alpha value is -4.42. The molecule has 9 nitrogen and oxygen atoms in total. The lowest BCUT2D eigenvalue weighted by atomic mass is 10.1. The molecule has 0 aliphatic heterocycles. The SMILES string of the molecule is N#Cc1c(-c2ccc(NC(=O)c3cnc[nH]3)cc2)nc(Nc2ccc(Cl)cc2)[nH]c1=O. The molecule has 0 saturated carbocycles. The number of nitriles is 1. The van der Waals surface area contributed by atoms with Crippen LogP contribution in [-0.4, -0.2) is 25.8 Å². The van der Waals surface area contributed by atoms with E-state index in [4.69, 9.17) is 11.6 Å². The molecule has 0 aliphatic rings. The van der Waals surface area contributed by atoms with Gasteiger partial charge in [-0.25, -0.2) is 9.97 Å². The maximum Gasteiger partial charge on any atom is 0.273 e. The average molecular weight is 432 g/mol. The maximum absolute atomic E-state index is 12.4. The van der Waals surface area contributed by atoms with Crippen molar-refractivity contribution in [2.24, 2.45) is 0 Å². The monoisotopic (exact) mass is 431 g/mol. The quantitative estimate of drug-likeness (QED) is 0.380. The number of anilines is 3.